The third-order valence-corrected chi connectivity index (χ3v) is 4.35. The van der Waals surface area contributed by atoms with Crippen LogP contribution in [0.4, 0.5) is 0 Å². The number of H-pyrrole nitrogens is 1. The summed E-state index contributed by atoms with van der Waals surface area (Å²) in [6.45, 7) is 4.19. The van der Waals surface area contributed by atoms with Gasteiger partial charge in [0.15, 0.2) is 0 Å². The summed E-state index contributed by atoms with van der Waals surface area (Å²) in [5.41, 5.74) is 4.76. The maximum absolute atomic E-state index is 11.0. The van der Waals surface area contributed by atoms with Gasteiger partial charge in [0.1, 0.15) is 0 Å². The Labute approximate surface area is 112 Å². The summed E-state index contributed by atoms with van der Waals surface area (Å²) in [4.78, 5) is 14.4. The highest BCUT2D eigenvalue weighted by molar-refractivity contribution is 5.85. The van der Waals surface area contributed by atoms with Gasteiger partial charge < -0.3 is 10.1 Å². The Hall–Kier alpha value is -1.77. The first-order valence-corrected chi connectivity index (χ1v) is 6.87. The molecule has 1 aliphatic carbocycles. The van der Waals surface area contributed by atoms with Gasteiger partial charge in [0.2, 0.25) is 0 Å². The van der Waals surface area contributed by atoms with Gasteiger partial charge in [0.25, 0.3) is 0 Å². The Bertz CT molecular complexity index is 637. The van der Waals surface area contributed by atoms with Crippen LogP contribution in [-0.4, -0.2) is 16.1 Å². The molecule has 2 N–H and O–H groups in total. The lowest BCUT2D eigenvalue weighted by atomic mass is 9.90. The number of rotatable bonds is 4. The summed E-state index contributed by atoms with van der Waals surface area (Å²) in [5, 5.41) is 10.3. The second-order valence-corrected chi connectivity index (χ2v) is 5.72. The van der Waals surface area contributed by atoms with Gasteiger partial charge in [0, 0.05) is 16.6 Å². The molecule has 3 rings (SSSR count). The van der Waals surface area contributed by atoms with Crippen molar-refractivity contribution in [1.29, 1.82) is 0 Å². The van der Waals surface area contributed by atoms with E-state index in [1.54, 1.807) is 0 Å². The van der Waals surface area contributed by atoms with E-state index in [2.05, 4.69) is 37.0 Å². The number of carbonyl (C=O) groups is 1. The van der Waals surface area contributed by atoms with Crippen molar-refractivity contribution < 1.29 is 9.90 Å². The summed E-state index contributed by atoms with van der Waals surface area (Å²) in [7, 11) is 0. The van der Waals surface area contributed by atoms with Gasteiger partial charge >= 0.3 is 5.97 Å². The lowest BCUT2D eigenvalue weighted by Crippen LogP contribution is -2.08. The topological polar surface area (TPSA) is 53.1 Å². The number of aromatic nitrogens is 1. The van der Waals surface area contributed by atoms with Crippen molar-refractivity contribution in [1.82, 2.24) is 4.98 Å². The second kappa shape index (κ2) is 4.41. The molecule has 0 amide bonds. The smallest absolute Gasteiger partial charge is 0.303 e. The SMILES string of the molecule is Cc1[nH]c2cc(C(CC(=O)O)C3CC3)ccc2c1C. The number of aliphatic carboxylic acids is 1. The third-order valence-electron chi connectivity index (χ3n) is 4.35. The molecular weight excluding hydrogens is 238 g/mol. The number of carboxylic acid groups (broad SMARTS) is 1. The number of benzene rings is 1. The zero-order valence-corrected chi connectivity index (χ0v) is 11.4. The number of aryl methyl sites for hydroxylation is 2. The maximum atomic E-state index is 11.0. The van der Waals surface area contributed by atoms with Crippen LogP contribution in [0.2, 0.25) is 0 Å². The molecule has 100 valence electrons. The van der Waals surface area contributed by atoms with Crippen LogP contribution in [0.5, 0.6) is 0 Å². The predicted molar refractivity (Wildman–Crippen MR) is 75.5 cm³/mol. The molecule has 3 nitrogen and oxygen atoms in total. The Balaban J connectivity index is 2.01. The predicted octanol–water partition coefficient (Wildman–Crippen LogP) is 3.75. The molecule has 19 heavy (non-hydrogen) atoms. The van der Waals surface area contributed by atoms with Gasteiger partial charge in [-0.15, -0.1) is 0 Å². The highest BCUT2D eigenvalue weighted by Gasteiger charge is 2.33. The number of nitrogens with one attached hydrogen (secondary N) is 1. The molecule has 1 atom stereocenters. The maximum Gasteiger partial charge on any atom is 0.303 e. The molecule has 1 aliphatic rings. The van der Waals surface area contributed by atoms with E-state index in [0.717, 1.165) is 5.52 Å². The second-order valence-electron chi connectivity index (χ2n) is 5.72. The van der Waals surface area contributed by atoms with E-state index in [0.29, 0.717) is 5.92 Å². The molecule has 1 aromatic carbocycles. The molecule has 1 aromatic heterocycles. The molecule has 3 heteroatoms. The molecule has 0 spiro atoms. The minimum atomic E-state index is -0.698. The first kappa shape index (κ1) is 12.3. The summed E-state index contributed by atoms with van der Waals surface area (Å²) in [6.07, 6.45) is 2.58. The van der Waals surface area contributed by atoms with Gasteiger partial charge in [-0.2, -0.15) is 0 Å². The average Bonchev–Trinajstić information content (AvgIpc) is 3.15. The zero-order chi connectivity index (χ0) is 13.6. The zero-order valence-electron chi connectivity index (χ0n) is 11.4. The molecule has 1 saturated carbocycles. The lowest BCUT2D eigenvalue weighted by molar-refractivity contribution is -0.137. The first-order valence-electron chi connectivity index (χ1n) is 6.87. The van der Waals surface area contributed by atoms with Crippen LogP contribution in [0.15, 0.2) is 18.2 Å². The molecule has 1 unspecified atom stereocenters. The van der Waals surface area contributed by atoms with Crippen molar-refractivity contribution >= 4 is 16.9 Å². The summed E-state index contributed by atoms with van der Waals surface area (Å²) in [6, 6.07) is 6.37. The normalized spacial score (nSPS) is 16.7. The van der Waals surface area contributed by atoms with E-state index >= 15 is 0 Å². The number of aromatic amines is 1. The van der Waals surface area contributed by atoms with E-state index in [1.165, 1.54) is 35.0 Å². The fraction of sp³-hybridized carbons (Fsp3) is 0.438. The average molecular weight is 257 g/mol. The Morgan fingerprint density at radius 3 is 2.79 bits per heavy atom. The van der Waals surface area contributed by atoms with Crippen LogP contribution < -0.4 is 0 Å². The summed E-state index contributed by atoms with van der Waals surface area (Å²) < 4.78 is 0. The van der Waals surface area contributed by atoms with Crippen LogP contribution in [0.1, 0.15) is 42.0 Å². The Kier molecular flexibility index (Phi) is 2.85. The van der Waals surface area contributed by atoms with E-state index in [-0.39, 0.29) is 12.3 Å². The van der Waals surface area contributed by atoms with Crippen LogP contribution in [0.25, 0.3) is 10.9 Å². The first-order chi connectivity index (χ1) is 9.06. The molecule has 0 aliphatic heterocycles. The van der Waals surface area contributed by atoms with Crippen molar-refractivity contribution in [3.63, 3.8) is 0 Å². The fourth-order valence-corrected chi connectivity index (χ4v) is 2.96. The number of fused-ring (bicyclic) bond motifs is 1. The van der Waals surface area contributed by atoms with Crippen LogP contribution in [-0.2, 0) is 4.79 Å². The number of hydrogen-bond donors (Lipinski definition) is 2. The van der Waals surface area contributed by atoms with Gasteiger partial charge in [-0.05, 0) is 55.7 Å². The fourth-order valence-electron chi connectivity index (χ4n) is 2.96. The molecule has 0 saturated heterocycles. The third kappa shape index (κ3) is 2.25. The van der Waals surface area contributed by atoms with Crippen molar-refractivity contribution in [2.45, 2.75) is 39.0 Å². The monoisotopic (exact) mass is 257 g/mol. The minimum Gasteiger partial charge on any atom is -0.481 e. The summed E-state index contributed by atoms with van der Waals surface area (Å²) in [5.74, 6) is 0.0346. The number of hydrogen-bond acceptors (Lipinski definition) is 1. The molecule has 1 heterocycles. The highest BCUT2D eigenvalue weighted by Crippen LogP contribution is 2.45. The molecule has 2 aromatic rings. The standard InChI is InChI=1S/C16H19NO2/c1-9-10(2)17-15-7-12(5-6-13(9)15)14(8-16(18)19)11-3-4-11/h5-7,11,14,17H,3-4,8H2,1-2H3,(H,18,19). The van der Waals surface area contributed by atoms with Crippen LogP contribution in [0, 0.1) is 19.8 Å². The molecular formula is C16H19NO2. The van der Waals surface area contributed by atoms with Crippen molar-refractivity contribution in [3.05, 3.63) is 35.0 Å². The van der Waals surface area contributed by atoms with Gasteiger partial charge in [-0.25, -0.2) is 0 Å². The minimum absolute atomic E-state index is 0.172. The number of carboxylic acids is 1. The van der Waals surface area contributed by atoms with Gasteiger partial charge in [0.05, 0.1) is 6.42 Å². The highest BCUT2D eigenvalue weighted by atomic mass is 16.4. The van der Waals surface area contributed by atoms with E-state index in [1.807, 2.05) is 0 Å². The van der Waals surface area contributed by atoms with E-state index in [9.17, 15) is 4.79 Å². The van der Waals surface area contributed by atoms with Gasteiger partial charge in [-0.1, -0.05) is 12.1 Å². The van der Waals surface area contributed by atoms with Crippen molar-refractivity contribution in [3.8, 4) is 0 Å². The molecule has 0 radical (unpaired) electrons. The van der Waals surface area contributed by atoms with Crippen LogP contribution >= 0.6 is 0 Å². The molecule has 0 bridgehead atoms. The lowest BCUT2D eigenvalue weighted by Gasteiger charge is -2.14. The Morgan fingerprint density at radius 2 is 2.16 bits per heavy atom. The van der Waals surface area contributed by atoms with E-state index in [4.69, 9.17) is 5.11 Å². The van der Waals surface area contributed by atoms with E-state index < -0.39 is 5.97 Å². The molecule has 1 fully saturated rings. The quantitative estimate of drug-likeness (QED) is 0.876. The van der Waals surface area contributed by atoms with Crippen molar-refractivity contribution in [2.75, 3.05) is 0 Å². The van der Waals surface area contributed by atoms with Crippen LogP contribution in [0.3, 0.4) is 0 Å². The van der Waals surface area contributed by atoms with Gasteiger partial charge in [-0.3, -0.25) is 4.79 Å². The Morgan fingerprint density at radius 1 is 1.42 bits per heavy atom. The van der Waals surface area contributed by atoms with Crippen molar-refractivity contribution in [2.24, 2.45) is 5.92 Å². The largest absolute Gasteiger partial charge is 0.481 e. The summed E-state index contributed by atoms with van der Waals surface area (Å²) >= 11 is 0.